The van der Waals surface area contributed by atoms with E-state index in [0.717, 1.165) is 19.4 Å². The predicted octanol–water partition coefficient (Wildman–Crippen LogP) is 2.51. The van der Waals surface area contributed by atoms with E-state index in [1.807, 2.05) is 23.6 Å². The second-order valence-electron chi connectivity index (χ2n) is 9.39. The van der Waals surface area contributed by atoms with Gasteiger partial charge >= 0.3 is 5.69 Å². The van der Waals surface area contributed by atoms with Crippen LogP contribution in [-0.4, -0.2) is 42.7 Å². The number of nitrogens with zero attached hydrogens (tertiary/aromatic N) is 6. The van der Waals surface area contributed by atoms with Gasteiger partial charge in [-0.2, -0.15) is 4.98 Å². The Kier molecular flexibility index (Phi) is 6.38. The van der Waals surface area contributed by atoms with Gasteiger partial charge in [-0.3, -0.25) is 24.0 Å². The molecular weight excluding hydrogens is 474 g/mol. The zero-order valence-corrected chi connectivity index (χ0v) is 20.8. The topological polar surface area (TPSA) is 134 Å². The van der Waals surface area contributed by atoms with Crippen molar-refractivity contribution in [2.75, 3.05) is 18.0 Å². The minimum Gasteiger partial charge on any atom is -0.341 e. The lowest BCUT2D eigenvalue weighted by Gasteiger charge is -2.31. The molecule has 1 unspecified atom stereocenters. The molecule has 1 saturated heterocycles. The third kappa shape index (κ3) is 4.20. The van der Waals surface area contributed by atoms with E-state index in [1.54, 1.807) is 37.4 Å². The summed E-state index contributed by atoms with van der Waals surface area (Å²) < 4.78 is 4.42. The molecule has 2 N–H and O–H groups in total. The number of nitrogens with two attached hydrogens (primary N) is 1. The summed E-state index contributed by atoms with van der Waals surface area (Å²) in [5.41, 5.74) is 6.53. The standard InChI is InChI=1S/C26H29N7O4/c1-3-4-14-31-22-23(28-25(31)30-13-7-9-18(27)16-30)29(2)26(35)32(24(22)34)15-17-8-5-11-20-19(17)10-6-12-21(20)33(36)37/h3-6,8,10-12,18H,7,9,13-16,27H2,1-2H3. The summed E-state index contributed by atoms with van der Waals surface area (Å²) in [6.07, 6.45) is 5.69. The number of anilines is 1. The van der Waals surface area contributed by atoms with Crippen LogP contribution in [0.5, 0.6) is 0 Å². The number of fused-ring (bicyclic) bond motifs is 2. The normalized spacial score (nSPS) is 16.3. The highest BCUT2D eigenvalue weighted by atomic mass is 16.6. The number of nitro groups is 1. The van der Waals surface area contributed by atoms with Crippen molar-refractivity contribution in [1.82, 2.24) is 18.7 Å². The highest BCUT2D eigenvalue weighted by Crippen LogP contribution is 2.28. The van der Waals surface area contributed by atoms with Crippen molar-refractivity contribution in [3.05, 3.63) is 85.1 Å². The van der Waals surface area contributed by atoms with Crippen molar-refractivity contribution < 1.29 is 4.92 Å². The fourth-order valence-corrected chi connectivity index (χ4v) is 5.14. The number of aromatic nitrogens is 4. The van der Waals surface area contributed by atoms with Crippen molar-refractivity contribution >= 4 is 33.6 Å². The Balaban J connectivity index is 1.71. The molecule has 192 valence electrons. The zero-order chi connectivity index (χ0) is 26.3. The molecule has 1 fully saturated rings. The van der Waals surface area contributed by atoms with Crippen LogP contribution in [0.3, 0.4) is 0 Å². The molecule has 1 aliphatic heterocycles. The van der Waals surface area contributed by atoms with Crippen LogP contribution in [0.15, 0.2) is 58.1 Å². The Morgan fingerprint density at radius 2 is 1.92 bits per heavy atom. The lowest BCUT2D eigenvalue weighted by atomic mass is 10.0. The predicted molar refractivity (Wildman–Crippen MR) is 143 cm³/mol. The van der Waals surface area contributed by atoms with Gasteiger partial charge in [0.05, 0.1) is 16.9 Å². The molecule has 0 saturated carbocycles. The van der Waals surface area contributed by atoms with Gasteiger partial charge in [-0.05, 0) is 36.8 Å². The first-order chi connectivity index (χ1) is 17.8. The summed E-state index contributed by atoms with van der Waals surface area (Å²) in [7, 11) is 1.60. The molecule has 0 spiro atoms. The maximum atomic E-state index is 13.9. The van der Waals surface area contributed by atoms with Gasteiger partial charge in [-0.1, -0.05) is 36.4 Å². The molecule has 0 aliphatic carbocycles. The number of benzene rings is 2. The average Bonchev–Trinajstić information content (AvgIpc) is 3.28. The van der Waals surface area contributed by atoms with E-state index in [-0.39, 0.29) is 18.3 Å². The summed E-state index contributed by atoms with van der Waals surface area (Å²) in [5, 5.41) is 12.6. The van der Waals surface area contributed by atoms with Gasteiger partial charge < -0.3 is 15.2 Å². The van der Waals surface area contributed by atoms with E-state index in [0.29, 0.717) is 46.5 Å². The number of nitro benzene ring substituents is 1. The second-order valence-corrected chi connectivity index (χ2v) is 9.39. The first-order valence-electron chi connectivity index (χ1n) is 12.3. The molecular formula is C26H29N7O4. The lowest BCUT2D eigenvalue weighted by molar-refractivity contribution is -0.383. The number of aryl methyl sites for hydroxylation is 1. The van der Waals surface area contributed by atoms with Crippen molar-refractivity contribution in [2.24, 2.45) is 12.8 Å². The van der Waals surface area contributed by atoms with E-state index in [4.69, 9.17) is 10.7 Å². The fourth-order valence-electron chi connectivity index (χ4n) is 5.14. The minimum absolute atomic E-state index is 0.0135. The number of piperidine rings is 1. The monoisotopic (exact) mass is 503 g/mol. The molecule has 0 amide bonds. The molecule has 1 atom stereocenters. The highest BCUT2D eigenvalue weighted by Gasteiger charge is 2.26. The Labute approximate surface area is 212 Å². The van der Waals surface area contributed by atoms with E-state index in [1.165, 1.54) is 15.2 Å². The second kappa shape index (κ2) is 9.66. The van der Waals surface area contributed by atoms with Gasteiger partial charge in [0.2, 0.25) is 5.95 Å². The van der Waals surface area contributed by atoms with Crippen LogP contribution in [0, 0.1) is 10.1 Å². The number of allylic oxidation sites excluding steroid dienone is 2. The van der Waals surface area contributed by atoms with Crippen LogP contribution in [0.4, 0.5) is 11.6 Å². The van der Waals surface area contributed by atoms with Gasteiger partial charge in [0.1, 0.15) is 0 Å². The number of hydrogen-bond donors (Lipinski definition) is 1. The van der Waals surface area contributed by atoms with E-state index in [2.05, 4.69) is 4.90 Å². The molecule has 0 bridgehead atoms. The summed E-state index contributed by atoms with van der Waals surface area (Å²) in [4.78, 5) is 45.2. The maximum absolute atomic E-state index is 13.9. The zero-order valence-electron chi connectivity index (χ0n) is 20.8. The molecule has 37 heavy (non-hydrogen) atoms. The fraction of sp³-hybridized carbons (Fsp3) is 0.346. The van der Waals surface area contributed by atoms with Crippen LogP contribution < -0.4 is 21.9 Å². The van der Waals surface area contributed by atoms with Crippen LogP contribution >= 0.6 is 0 Å². The van der Waals surface area contributed by atoms with Crippen molar-refractivity contribution in [3.8, 4) is 0 Å². The van der Waals surface area contributed by atoms with Gasteiger partial charge in [-0.25, -0.2) is 4.79 Å². The summed E-state index contributed by atoms with van der Waals surface area (Å²) >= 11 is 0. The third-order valence-corrected chi connectivity index (χ3v) is 6.99. The van der Waals surface area contributed by atoms with E-state index in [9.17, 15) is 19.7 Å². The van der Waals surface area contributed by atoms with Crippen molar-refractivity contribution in [2.45, 2.75) is 38.9 Å². The molecule has 4 aromatic rings. The van der Waals surface area contributed by atoms with E-state index >= 15 is 0 Å². The highest BCUT2D eigenvalue weighted by molar-refractivity contribution is 5.93. The molecule has 2 aromatic carbocycles. The van der Waals surface area contributed by atoms with Gasteiger partial charge in [-0.15, -0.1) is 0 Å². The lowest BCUT2D eigenvalue weighted by Crippen LogP contribution is -2.44. The van der Waals surface area contributed by atoms with Gasteiger partial charge in [0, 0.05) is 38.8 Å². The molecule has 11 nitrogen and oxygen atoms in total. The molecule has 11 heteroatoms. The summed E-state index contributed by atoms with van der Waals surface area (Å²) in [6.45, 7) is 3.68. The van der Waals surface area contributed by atoms with Crippen LogP contribution in [-0.2, 0) is 20.1 Å². The largest absolute Gasteiger partial charge is 0.341 e. The Morgan fingerprint density at radius 3 is 2.65 bits per heavy atom. The summed E-state index contributed by atoms with van der Waals surface area (Å²) in [6, 6.07) is 9.97. The average molecular weight is 504 g/mol. The number of non-ortho nitro benzene ring substituents is 1. The SMILES string of the molecule is CC=CCn1c(N2CCCC(N)C2)nc2c1c(=O)n(Cc1cccc3c([N+](=O)[O-])cccc13)c(=O)n2C. The molecule has 2 aromatic heterocycles. The molecule has 5 rings (SSSR count). The minimum atomic E-state index is -0.502. The smallest absolute Gasteiger partial charge is 0.332 e. The Morgan fingerprint density at radius 1 is 1.16 bits per heavy atom. The van der Waals surface area contributed by atoms with E-state index < -0.39 is 16.2 Å². The van der Waals surface area contributed by atoms with Crippen molar-refractivity contribution in [3.63, 3.8) is 0 Å². The maximum Gasteiger partial charge on any atom is 0.332 e. The van der Waals surface area contributed by atoms with Crippen LogP contribution in [0.25, 0.3) is 21.9 Å². The third-order valence-electron chi connectivity index (χ3n) is 6.99. The Bertz CT molecular complexity index is 1660. The van der Waals surface area contributed by atoms with Gasteiger partial charge in [0.25, 0.3) is 11.2 Å². The molecule has 1 aliphatic rings. The van der Waals surface area contributed by atoms with Crippen LogP contribution in [0.1, 0.15) is 25.3 Å². The first-order valence-corrected chi connectivity index (χ1v) is 12.3. The molecule has 3 heterocycles. The van der Waals surface area contributed by atoms with Crippen molar-refractivity contribution in [1.29, 1.82) is 0 Å². The van der Waals surface area contributed by atoms with Gasteiger partial charge in [0.15, 0.2) is 11.2 Å². The van der Waals surface area contributed by atoms with Crippen LogP contribution in [0.2, 0.25) is 0 Å². The first kappa shape index (κ1) is 24.4. The summed E-state index contributed by atoms with van der Waals surface area (Å²) in [5.74, 6) is 0.619. The number of imidazole rings is 1. The Hall–Kier alpha value is -4.25. The number of hydrogen-bond acceptors (Lipinski definition) is 7. The molecule has 0 radical (unpaired) electrons. The number of rotatable bonds is 6. The quantitative estimate of drug-likeness (QED) is 0.243.